The minimum atomic E-state index is -0.939. The van der Waals surface area contributed by atoms with E-state index in [-0.39, 0.29) is 24.6 Å². The van der Waals surface area contributed by atoms with Gasteiger partial charge >= 0.3 is 5.97 Å². The Bertz CT molecular complexity index is 532. The normalized spacial score (nSPS) is 12.1. The summed E-state index contributed by atoms with van der Waals surface area (Å²) in [7, 11) is 0. The van der Waals surface area contributed by atoms with Crippen LogP contribution < -0.4 is 5.32 Å². The van der Waals surface area contributed by atoms with Gasteiger partial charge in [0.1, 0.15) is 11.6 Å². The van der Waals surface area contributed by atoms with Crippen molar-refractivity contribution in [2.75, 3.05) is 6.54 Å². The van der Waals surface area contributed by atoms with Crippen molar-refractivity contribution in [2.24, 2.45) is 5.92 Å². The van der Waals surface area contributed by atoms with Crippen LogP contribution in [0.4, 0.5) is 8.78 Å². The van der Waals surface area contributed by atoms with Gasteiger partial charge in [-0.15, -0.1) is 0 Å². The highest BCUT2D eigenvalue weighted by atomic mass is 19.1. The summed E-state index contributed by atoms with van der Waals surface area (Å²) in [5, 5.41) is 2.40. The van der Waals surface area contributed by atoms with Gasteiger partial charge < -0.3 is 10.1 Å². The van der Waals surface area contributed by atoms with E-state index in [1.807, 2.05) is 20.8 Å². The van der Waals surface area contributed by atoms with Crippen molar-refractivity contribution < 1.29 is 23.1 Å². The van der Waals surface area contributed by atoms with Gasteiger partial charge in [-0.25, -0.2) is 8.78 Å². The summed E-state index contributed by atoms with van der Waals surface area (Å²) in [5.74, 6) is -2.39. The predicted octanol–water partition coefficient (Wildman–Crippen LogP) is 3.06. The molecule has 6 heteroatoms. The highest BCUT2D eigenvalue weighted by Crippen LogP contribution is 2.10. The molecule has 1 amide bonds. The lowest BCUT2D eigenvalue weighted by molar-refractivity contribution is -0.148. The molecule has 0 radical (unpaired) electrons. The van der Waals surface area contributed by atoms with Gasteiger partial charge in [-0.3, -0.25) is 9.59 Å². The lowest BCUT2D eigenvalue weighted by Gasteiger charge is -2.15. The summed E-state index contributed by atoms with van der Waals surface area (Å²) < 4.78 is 31.3. The van der Waals surface area contributed by atoms with Gasteiger partial charge in [0.05, 0.1) is 18.1 Å². The Labute approximate surface area is 128 Å². The summed E-state index contributed by atoms with van der Waals surface area (Å²) in [6.07, 6.45) is 0.577. The first kappa shape index (κ1) is 18.1. The lowest BCUT2D eigenvalue weighted by Crippen LogP contribution is -2.28. The molecule has 0 aromatic heterocycles. The first-order chi connectivity index (χ1) is 10.3. The summed E-state index contributed by atoms with van der Waals surface area (Å²) in [6.45, 7) is 5.90. The van der Waals surface area contributed by atoms with Crippen molar-refractivity contribution >= 4 is 11.9 Å². The maximum absolute atomic E-state index is 13.4. The molecule has 122 valence electrons. The fraction of sp³-hybridized carbons (Fsp3) is 0.500. The van der Waals surface area contributed by atoms with Crippen molar-refractivity contribution in [3.05, 3.63) is 35.4 Å². The molecule has 0 saturated heterocycles. The standard InChI is InChI=1S/C16H21F2NO3/c1-10(2)8-11(3)22-15(20)6-7-19-16(21)13-5-4-12(17)9-14(13)18/h4-5,9-11H,6-8H2,1-3H3,(H,19,21). The van der Waals surface area contributed by atoms with Gasteiger partial charge in [0.15, 0.2) is 0 Å². The van der Waals surface area contributed by atoms with Crippen molar-refractivity contribution in [3.63, 3.8) is 0 Å². The molecule has 0 saturated carbocycles. The minimum absolute atomic E-state index is 0.00299. The minimum Gasteiger partial charge on any atom is -0.463 e. The SMILES string of the molecule is CC(C)CC(C)OC(=O)CCNC(=O)c1ccc(F)cc1F. The molecule has 4 nitrogen and oxygen atoms in total. The predicted molar refractivity (Wildman–Crippen MR) is 78.3 cm³/mol. The fourth-order valence-electron chi connectivity index (χ4n) is 2.04. The molecule has 0 aliphatic rings. The number of hydrogen-bond donors (Lipinski definition) is 1. The Hall–Kier alpha value is -1.98. The maximum atomic E-state index is 13.4. The van der Waals surface area contributed by atoms with Crippen LogP contribution in [0.3, 0.4) is 0 Å². The van der Waals surface area contributed by atoms with Crippen LogP contribution in [0.2, 0.25) is 0 Å². The molecule has 0 bridgehead atoms. The Morgan fingerprint density at radius 3 is 2.50 bits per heavy atom. The monoisotopic (exact) mass is 313 g/mol. The smallest absolute Gasteiger partial charge is 0.307 e. The van der Waals surface area contributed by atoms with E-state index in [2.05, 4.69) is 5.32 Å². The molecule has 1 rings (SSSR count). The van der Waals surface area contributed by atoms with Crippen LogP contribution >= 0.6 is 0 Å². The quantitative estimate of drug-likeness (QED) is 0.787. The van der Waals surface area contributed by atoms with Gasteiger partial charge in [-0.1, -0.05) is 13.8 Å². The summed E-state index contributed by atoms with van der Waals surface area (Å²) in [4.78, 5) is 23.3. The highest BCUT2D eigenvalue weighted by Gasteiger charge is 2.14. The van der Waals surface area contributed by atoms with Gasteiger partial charge in [0.25, 0.3) is 5.91 Å². The van der Waals surface area contributed by atoms with Crippen molar-refractivity contribution in [3.8, 4) is 0 Å². The van der Waals surface area contributed by atoms with E-state index in [1.165, 1.54) is 0 Å². The average molecular weight is 313 g/mol. The van der Waals surface area contributed by atoms with Crippen LogP contribution in [0.1, 0.15) is 44.0 Å². The van der Waals surface area contributed by atoms with Crippen LogP contribution in [-0.2, 0) is 9.53 Å². The number of ether oxygens (including phenoxy) is 1. The van der Waals surface area contributed by atoms with Crippen LogP contribution in [-0.4, -0.2) is 24.5 Å². The van der Waals surface area contributed by atoms with Gasteiger partial charge in [-0.05, 0) is 31.4 Å². The molecule has 1 atom stereocenters. The average Bonchev–Trinajstić information content (AvgIpc) is 2.36. The Morgan fingerprint density at radius 2 is 1.91 bits per heavy atom. The fourth-order valence-corrected chi connectivity index (χ4v) is 2.04. The first-order valence-corrected chi connectivity index (χ1v) is 7.22. The molecule has 1 N–H and O–H groups in total. The number of amides is 1. The van der Waals surface area contributed by atoms with Crippen LogP contribution in [0.5, 0.6) is 0 Å². The largest absolute Gasteiger partial charge is 0.463 e. The highest BCUT2D eigenvalue weighted by molar-refractivity contribution is 5.94. The van der Waals surface area contributed by atoms with E-state index in [0.717, 1.165) is 18.6 Å². The molecule has 0 fully saturated rings. The van der Waals surface area contributed by atoms with Gasteiger partial charge in [-0.2, -0.15) is 0 Å². The Kier molecular flexibility index (Phi) is 6.95. The van der Waals surface area contributed by atoms with Crippen molar-refractivity contribution in [1.29, 1.82) is 0 Å². The van der Waals surface area contributed by atoms with Gasteiger partial charge in [0.2, 0.25) is 0 Å². The summed E-state index contributed by atoms with van der Waals surface area (Å²) in [5.41, 5.74) is -0.261. The molecule has 0 aliphatic carbocycles. The zero-order valence-electron chi connectivity index (χ0n) is 13.0. The zero-order chi connectivity index (χ0) is 16.7. The molecule has 1 unspecified atom stereocenters. The Morgan fingerprint density at radius 1 is 1.23 bits per heavy atom. The van der Waals surface area contributed by atoms with E-state index in [4.69, 9.17) is 4.74 Å². The summed E-state index contributed by atoms with van der Waals surface area (Å²) >= 11 is 0. The second-order valence-corrected chi connectivity index (χ2v) is 5.56. The summed E-state index contributed by atoms with van der Waals surface area (Å²) in [6, 6.07) is 2.69. The molecule has 22 heavy (non-hydrogen) atoms. The molecular weight excluding hydrogens is 292 g/mol. The van der Waals surface area contributed by atoms with Gasteiger partial charge in [0, 0.05) is 12.6 Å². The third-order valence-corrected chi connectivity index (χ3v) is 2.93. The third kappa shape index (κ3) is 6.20. The number of nitrogens with one attached hydrogen (secondary N) is 1. The third-order valence-electron chi connectivity index (χ3n) is 2.93. The maximum Gasteiger partial charge on any atom is 0.307 e. The van der Waals surface area contributed by atoms with E-state index in [1.54, 1.807) is 0 Å². The number of rotatable bonds is 7. The zero-order valence-corrected chi connectivity index (χ0v) is 13.0. The number of carbonyl (C=O) groups is 2. The second kappa shape index (κ2) is 8.46. The van der Waals surface area contributed by atoms with Crippen LogP contribution in [0, 0.1) is 17.6 Å². The van der Waals surface area contributed by atoms with E-state index >= 15 is 0 Å². The topological polar surface area (TPSA) is 55.4 Å². The van der Waals surface area contributed by atoms with E-state index in [9.17, 15) is 18.4 Å². The molecule has 0 heterocycles. The second-order valence-electron chi connectivity index (χ2n) is 5.56. The number of carbonyl (C=O) groups excluding carboxylic acids is 2. The molecular formula is C16H21F2NO3. The van der Waals surface area contributed by atoms with Crippen LogP contribution in [0.15, 0.2) is 18.2 Å². The molecule has 0 aliphatic heterocycles. The van der Waals surface area contributed by atoms with Crippen molar-refractivity contribution in [1.82, 2.24) is 5.32 Å². The van der Waals surface area contributed by atoms with E-state index in [0.29, 0.717) is 12.0 Å². The van der Waals surface area contributed by atoms with Crippen molar-refractivity contribution in [2.45, 2.75) is 39.7 Å². The molecule has 0 spiro atoms. The molecule has 1 aromatic rings. The number of halogens is 2. The number of benzene rings is 1. The Balaban J connectivity index is 2.37. The number of hydrogen-bond acceptors (Lipinski definition) is 3. The van der Waals surface area contributed by atoms with E-state index < -0.39 is 23.5 Å². The first-order valence-electron chi connectivity index (χ1n) is 7.22. The molecule has 1 aromatic carbocycles. The lowest BCUT2D eigenvalue weighted by atomic mass is 10.1. The van der Waals surface area contributed by atoms with Crippen LogP contribution in [0.25, 0.3) is 0 Å². The number of esters is 1.